The number of benzene rings is 1. The molecule has 1 saturated carbocycles. The van der Waals surface area contributed by atoms with E-state index in [1.54, 1.807) is 0 Å². The summed E-state index contributed by atoms with van der Waals surface area (Å²) in [6, 6.07) is 8.25. The van der Waals surface area contributed by atoms with Crippen LogP contribution < -0.4 is 5.32 Å². The molecule has 2 saturated heterocycles. The number of aliphatic carboxylic acids is 1. The number of carbonyl (C=O) groups is 1. The van der Waals surface area contributed by atoms with Crippen LogP contribution in [-0.4, -0.2) is 48.7 Å². The third-order valence-corrected chi connectivity index (χ3v) is 6.04. The number of carboxylic acids is 1. The van der Waals surface area contributed by atoms with Crippen molar-refractivity contribution >= 4 is 5.97 Å². The molecule has 4 heteroatoms. The van der Waals surface area contributed by atoms with Crippen LogP contribution in [0.25, 0.3) is 0 Å². The van der Waals surface area contributed by atoms with Gasteiger partial charge < -0.3 is 15.3 Å². The predicted molar refractivity (Wildman–Crippen MR) is 84.8 cm³/mol. The molecular formula is C18H24N2O2. The number of hydrogen-bond donors (Lipinski definition) is 2. The highest BCUT2D eigenvalue weighted by Crippen LogP contribution is 2.49. The van der Waals surface area contributed by atoms with E-state index < -0.39 is 5.97 Å². The second kappa shape index (κ2) is 5.36. The molecule has 22 heavy (non-hydrogen) atoms. The molecule has 118 valence electrons. The molecule has 1 aromatic carbocycles. The first-order chi connectivity index (χ1) is 10.6. The number of rotatable bonds is 4. The van der Waals surface area contributed by atoms with Crippen LogP contribution in [0.15, 0.2) is 24.3 Å². The van der Waals surface area contributed by atoms with E-state index in [-0.39, 0.29) is 11.8 Å². The maximum atomic E-state index is 11.7. The van der Waals surface area contributed by atoms with E-state index in [2.05, 4.69) is 29.3 Å². The van der Waals surface area contributed by atoms with Gasteiger partial charge in [-0.25, -0.2) is 0 Å². The highest BCUT2D eigenvalue weighted by molar-refractivity contribution is 5.72. The van der Waals surface area contributed by atoms with Gasteiger partial charge in [-0.05, 0) is 48.9 Å². The van der Waals surface area contributed by atoms with Crippen molar-refractivity contribution in [2.45, 2.75) is 12.8 Å². The fraction of sp³-hybridized carbons (Fsp3) is 0.611. The quantitative estimate of drug-likeness (QED) is 0.886. The van der Waals surface area contributed by atoms with Crippen LogP contribution in [0.5, 0.6) is 0 Å². The second-order valence-corrected chi connectivity index (χ2v) is 7.28. The van der Waals surface area contributed by atoms with Gasteiger partial charge in [-0.3, -0.25) is 4.79 Å². The van der Waals surface area contributed by atoms with Crippen molar-refractivity contribution in [2.75, 3.05) is 32.7 Å². The van der Waals surface area contributed by atoms with Crippen molar-refractivity contribution in [3.63, 3.8) is 0 Å². The molecule has 1 aromatic rings. The summed E-state index contributed by atoms with van der Waals surface area (Å²) in [6.45, 7) is 7.10. The molecule has 5 atom stereocenters. The first-order valence-electron chi connectivity index (χ1n) is 8.36. The lowest BCUT2D eigenvalue weighted by Crippen LogP contribution is -2.28. The Hall–Kier alpha value is -1.39. The molecule has 4 rings (SSSR count). The summed E-state index contributed by atoms with van der Waals surface area (Å²) in [4.78, 5) is 14.1. The number of hydrogen-bond acceptors (Lipinski definition) is 3. The maximum Gasteiger partial charge on any atom is 0.308 e. The summed E-state index contributed by atoms with van der Waals surface area (Å²) in [5.74, 6) is 1.72. The molecule has 2 aliphatic heterocycles. The average molecular weight is 300 g/mol. The van der Waals surface area contributed by atoms with E-state index in [1.165, 1.54) is 11.1 Å². The van der Waals surface area contributed by atoms with Crippen molar-refractivity contribution < 1.29 is 9.90 Å². The van der Waals surface area contributed by atoms with Gasteiger partial charge in [0.1, 0.15) is 0 Å². The van der Waals surface area contributed by atoms with E-state index in [1.807, 2.05) is 12.1 Å². The van der Waals surface area contributed by atoms with Gasteiger partial charge in [0.2, 0.25) is 0 Å². The van der Waals surface area contributed by atoms with Gasteiger partial charge in [0, 0.05) is 25.6 Å². The maximum absolute atomic E-state index is 11.7. The third-order valence-electron chi connectivity index (χ3n) is 6.04. The van der Waals surface area contributed by atoms with Crippen molar-refractivity contribution in [3.8, 4) is 0 Å². The van der Waals surface area contributed by atoms with Crippen molar-refractivity contribution in [2.24, 2.45) is 23.7 Å². The van der Waals surface area contributed by atoms with Crippen molar-refractivity contribution in [1.29, 1.82) is 0 Å². The molecule has 2 heterocycles. The van der Waals surface area contributed by atoms with E-state index in [9.17, 15) is 9.90 Å². The summed E-state index contributed by atoms with van der Waals surface area (Å²) >= 11 is 0. The Labute approximate surface area is 131 Å². The fourth-order valence-corrected chi connectivity index (χ4v) is 4.72. The fourth-order valence-electron chi connectivity index (χ4n) is 4.72. The van der Waals surface area contributed by atoms with Gasteiger partial charge in [-0.1, -0.05) is 24.3 Å². The minimum Gasteiger partial charge on any atom is -0.481 e. The van der Waals surface area contributed by atoms with Crippen LogP contribution in [0.1, 0.15) is 17.0 Å². The van der Waals surface area contributed by atoms with Crippen molar-refractivity contribution in [3.05, 3.63) is 35.4 Å². The van der Waals surface area contributed by atoms with Crippen LogP contribution in [0, 0.1) is 30.6 Å². The van der Waals surface area contributed by atoms with E-state index in [4.69, 9.17) is 0 Å². The molecule has 0 radical (unpaired) electrons. The molecule has 0 aromatic heterocycles. The Morgan fingerprint density at radius 3 is 2.68 bits per heavy atom. The highest BCUT2D eigenvalue weighted by Gasteiger charge is 2.54. The van der Waals surface area contributed by atoms with Crippen LogP contribution >= 0.6 is 0 Å². The Kier molecular flexibility index (Phi) is 3.46. The molecule has 0 bridgehead atoms. The zero-order valence-electron chi connectivity index (χ0n) is 13.0. The van der Waals surface area contributed by atoms with E-state index in [0.717, 1.165) is 43.9 Å². The average Bonchev–Trinajstić information content (AvgIpc) is 2.88. The monoisotopic (exact) mass is 300 g/mol. The number of likely N-dealkylation sites (tertiary alicyclic amines) is 1. The number of nitrogens with one attached hydrogen (secondary N) is 1. The SMILES string of the molecule is Cc1ccccc1[C@@H]1CN(CC2[C@H]3CNC[C@@H]23)C[C@H]1C(=O)O. The Balaban J connectivity index is 1.49. The number of nitrogens with zero attached hydrogens (tertiary/aromatic N) is 1. The van der Waals surface area contributed by atoms with Crippen LogP contribution in [0.3, 0.4) is 0 Å². The molecule has 1 aliphatic carbocycles. The Bertz CT molecular complexity index is 578. The van der Waals surface area contributed by atoms with Gasteiger partial charge in [0.15, 0.2) is 0 Å². The third kappa shape index (κ3) is 2.34. The van der Waals surface area contributed by atoms with Crippen LogP contribution in [0.2, 0.25) is 0 Å². The minimum absolute atomic E-state index is 0.135. The van der Waals surface area contributed by atoms with E-state index in [0.29, 0.717) is 6.54 Å². The summed E-state index contributed by atoms with van der Waals surface area (Å²) in [6.07, 6.45) is 0. The lowest BCUT2D eigenvalue weighted by Gasteiger charge is -2.18. The van der Waals surface area contributed by atoms with Crippen LogP contribution in [0.4, 0.5) is 0 Å². The molecule has 0 amide bonds. The lowest BCUT2D eigenvalue weighted by molar-refractivity contribution is -0.141. The smallest absolute Gasteiger partial charge is 0.308 e. The minimum atomic E-state index is -0.645. The first-order valence-corrected chi connectivity index (χ1v) is 8.36. The molecule has 0 spiro atoms. The predicted octanol–water partition coefficient (Wildman–Crippen LogP) is 1.56. The molecule has 2 N–H and O–H groups in total. The number of aryl methyl sites for hydroxylation is 1. The molecule has 3 aliphatic rings. The molecule has 1 unspecified atom stereocenters. The Morgan fingerprint density at radius 2 is 2.00 bits per heavy atom. The van der Waals surface area contributed by atoms with Gasteiger partial charge >= 0.3 is 5.97 Å². The number of fused-ring (bicyclic) bond motifs is 1. The molecule has 4 nitrogen and oxygen atoms in total. The zero-order valence-corrected chi connectivity index (χ0v) is 13.0. The summed E-state index contributed by atoms with van der Waals surface area (Å²) in [5, 5.41) is 13.1. The summed E-state index contributed by atoms with van der Waals surface area (Å²) in [5.41, 5.74) is 2.43. The normalized spacial score (nSPS) is 37.2. The highest BCUT2D eigenvalue weighted by atomic mass is 16.4. The van der Waals surface area contributed by atoms with Gasteiger partial charge in [-0.15, -0.1) is 0 Å². The number of piperidine rings is 1. The summed E-state index contributed by atoms with van der Waals surface area (Å²) in [7, 11) is 0. The first kappa shape index (κ1) is 14.2. The molecular weight excluding hydrogens is 276 g/mol. The lowest BCUT2D eigenvalue weighted by atomic mass is 9.86. The van der Waals surface area contributed by atoms with E-state index >= 15 is 0 Å². The Morgan fingerprint density at radius 1 is 1.27 bits per heavy atom. The van der Waals surface area contributed by atoms with Crippen molar-refractivity contribution in [1.82, 2.24) is 10.2 Å². The largest absolute Gasteiger partial charge is 0.481 e. The van der Waals surface area contributed by atoms with Gasteiger partial charge in [0.05, 0.1) is 5.92 Å². The standard InChI is InChI=1S/C18H24N2O2/c1-11-4-2-3-5-12(11)15-8-20(10-17(15)18(21)22)9-16-13-6-19-7-14(13)16/h2-5,13-17,19H,6-10H2,1H3,(H,21,22)/t13-,14+,15-,16?,17+/m0/s1. The second-order valence-electron chi connectivity index (χ2n) is 7.28. The van der Waals surface area contributed by atoms with Gasteiger partial charge in [-0.2, -0.15) is 0 Å². The summed E-state index contributed by atoms with van der Waals surface area (Å²) < 4.78 is 0. The topological polar surface area (TPSA) is 52.6 Å². The zero-order chi connectivity index (χ0) is 15.3. The molecule has 3 fully saturated rings. The number of carboxylic acid groups (broad SMARTS) is 1. The van der Waals surface area contributed by atoms with Gasteiger partial charge in [0.25, 0.3) is 0 Å². The van der Waals surface area contributed by atoms with Crippen LogP contribution in [-0.2, 0) is 4.79 Å².